The van der Waals surface area contributed by atoms with Crippen molar-refractivity contribution >= 4 is 23.4 Å². The summed E-state index contributed by atoms with van der Waals surface area (Å²) in [5, 5.41) is 2.59. The summed E-state index contributed by atoms with van der Waals surface area (Å²) in [5.74, 6) is 0.102. The van der Waals surface area contributed by atoms with Crippen LogP contribution in [-0.4, -0.2) is 55.9 Å². The van der Waals surface area contributed by atoms with Crippen molar-refractivity contribution in [1.29, 1.82) is 0 Å². The van der Waals surface area contributed by atoms with Crippen molar-refractivity contribution in [2.24, 2.45) is 5.92 Å². The van der Waals surface area contributed by atoms with Crippen molar-refractivity contribution in [3.63, 3.8) is 0 Å². The van der Waals surface area contributed by atoms with Gasteiger partial charge in [-0.25, -0.2) is 0 Å². The lowest BCUT2D eigenvalue weighted by atomic mass is 10.1. The molecule has 25 heavy (non-hydrogen) atoms. The molecule has 3 rings (SSSR count). The monoisotopic (exact) mass is 345 g/mol. The number of carbonyl (C=O) groups excluding carboxylic acids is 3. The van der Waals surface area contributed by atoms with Gasteiger partial charge in [-0.05, 0) is 37.1 Å². The number of likely N-dealkylation sites (tertiary alicyclic amines) is 1. The highest BCUT2D eigenvalue weighted by Gasteiger charge is 2.34. The summed E-state index contributed by atoms with van der Waals surface area (Å²) in [6, 6.07) is 7.04. The Kier molecular flexibility index (Phi) is 5.21. The first-order chi connectivity index (χ1) is 12.1. The Morgan fingerprint density at radius 2 is 1.88 bits per heavy atom. The fourth-order valence-electron chi connectivity index (χ4n) is 3.26. The molecular weight excluding hydrogens is 322 g/mol. The average molecular weight is 345 g/mol. The van der Waals surface area contributed by atoms with Crippen molar-refractivity contribution in [2.75, 3.05) is 38.2 Å². The Hall–Kier alpha value is -2.57. The molecule has 0 aliphatic carbocycles. The topological polar surface area (TPSA) is 79.0 Å². The molecule has 2 fully saturated rings. The number of nitrogens with one attached hydrogen (secondary N) is 1. The molecule has 0 saturated carbocycles. The van der Waals surface area contributed by atoms with Gasteiger partial charge in [-0.15, -0.1) is 0 Å². The zero-order valence-electron chi connectivity index (χ0n) is 14.4. The van der Waals surface area contributed by atoms with Crippen LogP contribution in [0.4, 0.5) is 5.69 Å². The molecule has 1 aromatic carbocycles. The Bertz CT molecular complexity index is 653. The number of amides is 3. The van der Waals surface area contributed by atoms with Crippen LogP contribution >= 0.6 is 0 Å². The Balaban J connectivity index is 1.56. The van der Waals surface area contributed by atoms with Crippen LogP contribution in [0.1, 0.15) is 19.3 Å². The Morgan fingerprint density at radius 3 is 2.52 bits per heavy atom. The Morgan fingerprint density at radius 1 is 1.20 bits per heavy atom. The fraction of sp³-hybridized carbons (Fsp3) is 0.500. The van der Waals surface area contributed by atoms with Gasteiger partial charge in [0.15, 0.2) is 6.61 Å². The molecule has 2 saturated heterocycles. The van der Waals surface area contributed by atoms with Gasteiger partial charge in [0.05, 0.1) is 5.92 Å². The van der Waals surface area contributed by atoms with Gasteiger partial charge < -0.3 is 19.9 Å². The minimum atomic E-state index is -0.313. The van der Waals surface area contributed by atoms with E-state index in [4.69, 9.17) is 4.74 Å². The van der Waals surface area contributed by atoms with Gasteiger partial charge in [0.2, 0.25) is 11.8 Å². The number of ether oxygens (including phenoxy) is 1. The highest BCUT2D eigenvalue weighted by atomic mass is 16.5. The lowest BCUT2D eigenvalue weighted by Gasteiger charge is -2.18. The molecule has 3 amide bonds. The van der Waals surface area contributed by atoms with Gasteiger partial charge in [-0.1, -0.05) is 0 Å². The summed E-state index contributed by atoms with van der Waals surface area (Å²) in [6.07, 6.45) is 2.34. The molecule has 0 aromatic heterocycles. The van der Waals surface area contributed by atoms with Crippen LogP contribution in [0, 0.1) is 5.92 Å². The van der Waals surface area contributed by atoms with Gasteiger partial charge in [0, 0.05) is 38.8 Å². The first-order valence-electron chi connectivity index (χ1n) is 8.61. The second-order valence-electron chi connectivity index (χ2n) is 6.39. The van der Waals surface area contributed by atoms with E-state index in [9.17, 15) is 14.4 Å². The molecule has 7 nitrogen and oxygen atoms in total. The number of benzene rings is 1. The maximum Gasteiger partial charge on any atom is 0.260 e. The lowest BCUT2D eigenvalue weighted by molar-refractivity contribution is -0.132. The summed E-state index contributed by atoms with van der Waals surface area (Å²) >= 11 is 0. The second kappa shape index (κ2) is 7.55. The normalized spacial score (nSPS) is 20.0. The number of hydrogen-bond donors (Lipinski definition) is 1. The SMILES string of the molecule is CNC(=O)[C@@H]1CC(=O)N(c2ccc(OCC(=O)N3CCCC3)cc2)C1. The molecule has 0 spiro atoms. The summed E-state index contributed by atoms with van der Waals surface area (Å²) in [4.78, 5) is 39.2. The van der Waals surface area contributed by atoms with E-state index in [0.29, 0.717) is 12.3 Å². The van der Waals surface area contributed by atoms with Gasteiger partial charge in [-0.2, -0.15) is 0 Å². The highest BCUT2D eigenvalue weighted by molar-refractivity contribution is 6.00. The van der Waals surface area contributed by atoms with Crippen molar-refractivity contribution < 1.29 is 19.1 Å². The van der Waals surface area contributed by atoms with Crippen LogP contribution in [0.2, 0.25) is 0 Å². The standard InChI is InChI=1S/C18H23N3O4/c1-19-18(24)13-10-16(22)21(11-13)14-4-6-15(7-5-14)25-12-17(23)20-8-2-3-9-20/h4-7,13H,2-3,8-12H2,1H3,(H,19,24)/t13-/m1/s1. The molecule has 1 aromatic rings. The van der Waals surface area contributed by atoms with Crippen molar-refractivity contribution in [1.82, 2.24) is 10.2 Å². The number of rotatable bonds is 5. The van der Waals surface area contributed by atoms with Crippen LogP contribution in [0.5, 0.6) is 5.75 Å². The molecule has 2 aliphatic rings. The average Bonchev–Trinajstić information content (AvgIpc) is 3.29. The van der Waals surface area contributed by atoms with E-state index in [1.165, 1.54) is 0 Å². The minimum absolute atomic E-state index is 0.00437. The summed E-state index contributed by atoms with van der Waals surface area (Å²) in [7, 11) is 1.57. The largest absolute Gasteiger partial charge is 0.484 e. The van der Waals surface area contributed by atoms with Gasteiger partial charge in [-0.3, -0.25) is 14.4 Å². The second-order valence-corrected chi connectivity index (χ2v) is 6.39. The van der Waals surface area contributed by atoms with Crippen LogP contribution in [0.15, 0.2) is 24.3 Å². The van der Waals surface area contributed by atoms with Crippen LogP contribution in [0.25, 0.3) is 0 Å². The third-order valence-corrected chi connectivity index (χ3v) is 4.71. The third-order valence-electron chi connectivity index (χ3n) is 4.71. The summed E-state index contributed by atoms with van der Waals surface area (Å²) < 4.78 is 5.54. The fourth-order valence-corrected chi connectivity index (χ4v) is 3.26. The van der Waals surface area contributed by atoms with E-state index in [2.05, 4.69) is 5.32 Å². The first-order valence-corrected chi connectivity index (χ1v) is 8.61. The van der Waals surface area contributed by atoms with Crippen LogP contribution in [-0.2, 0) is 14.4 Å². The molecule has 1 atom stereocenters. The van der Waals surface area contributed by atoms with Crippen LogP contribution < -0.4 is 15.0 Å². The van der Waals surface area contributed by atoms with Gasteiger partial charge in [0.1, 0.15) is 5.75 Å². The van der Waals surface area contributed by atoms with E-state index in [0.717, 1.165) is 31.6 Å². The number of carbonyl (C=O) groups is 3. The summed E-state index contributed by atoms with van der Waals surface area (Å²) in [5.41, 5.74) is 0.731. The molecule has 2 aliphatic heterocycles. The van der Waals surface area contributed by atoms with E-state index in [1.807, 2.05) is 4.90 Å². The van der Waals surface area contributed by atoms with E-state index >= 15 is 0 Å². The molecule has 1 N–H and O–H groups in total. The molecule has 0 radical (unpaired) electrons. The maximum absolute atomic E-state index is 12.1. The predicted molar refractivity (Wildman–Crippen MR) is 92.3 cm³/mol. The zero-order valence-corrected chi connectivity index (χ0v) is 14.4. The molecule has 134 valence electrons. The molecule has 0 unspecified atom stereocenters. The Labute approximate surface area is 146 Å². The third kappa shape index (κ3) is 3.92. The molecule has 0 bridgehead atoms. The first kappa shape index (κ1) is 17.3. The number of nitrogens with zero attached hydrogens (tertiary/aromatic N) is 2. The van der Waals surface area contributed by atoms with Gasteiger partial charge >= 0.3 is 0 Å². The zero-order chi connectivity index (χ0) is 17.8. The predicted octanol–water partition coefficient (Wildman–Crippen LogP) is 0.787. The lowest BCUT2D eigenvalue weighted by Crippen LogP contribution is -2.32. The maximum atomic E-state index is 12.1. The van der Waals surface area contributed by atoms with Crippen molar-refractivity contribution in [3.05, 3.63) is 24.3 Å². The van der Waals surface area contributed by atoms with E-state index in [1.54, 1.807) is 36.2 Å². The van der Waals surface area contributed by atoms with Crippen molar-refractivity contribution in [2.45, 2.75) is 19.3 Å². The highest BCUT2D eigenvalue weighted by Crippen LogP contribution is 2.27. The molecule has 2 heterocycles. The van der Waals surface area contributed by atoms with Gasteiger partial charge in [0.25, 0.3) is 5.91 Å². The number of anilines is 1. The number of hydrogen-bond acceptors (Lipinski definition) is 4. The summed E-state index contributed by atoms with van der Waals surface area (Å²) in [6.45, 7) is 2.03. The quantitative estimate of drug-likeness (QED) is 0.856. The molecular formula is C18H23N3O4. The molecule has 7 heteroatoms. The van der Waals surface area contributed by atoms with E-state index in [-0.39, 0.29) is 36.7 Å². The van der Waals surface area contributed by atoms with E-state index < -0.39 is 0 Å². The van der Waals surface area contributed by atoms with Crippen molar-refractivity contribution in [3.8, 4) is 5.75 Å². The van der Waals surface area contributed by atoms with Crippen LogP contribution in [0.3, 0.4) is 0 Å². The minimum Gasteiger partial charge on any atom is -0.484 e. The smallest absolute Gasteiger partial charge is 0.260 e.